The van der Waals surface area contributed by atoms with Gasteiger partial charge in [0, 0.05) is 6.07 Å². The van der Waals surface area contributed by atoms with Crippen LogP contribution in [0.2, 0.25) is 0 Å². The molecule has 2 heteroatoms. The summed E-state index contributed by atoms with van der Waals surface area (Å²) in [7, 11) is 0. The molecule has 104 valence electrons. The van der Waals surface area contributed by atoms with Crippen molar-refractivity contribution in [3.8, 4) is 23.0 Å². The average Bonchev–Trinajstić information content (AvgIpc) is 2.53. The Morgan fingerprint density at radius 2 is 1.14 bits per heavy atom. The topological polar surface area (TPSA) is 18.5 Å². The van der Waals surface area contributed by atoms with E-state index in [1.54, 1.807) is 0 Å². The fraction of sp³-hybridized carbons (Fsp3) is 0.0526. The number of hydrogen-bond acceptors (Lipinski definition) is 2. The molecule has 0 aliphatic heterocycles. The summed E-state index contributed by atoms with van der Waals surface area (Å²) in [4.78, 5) is 0. The molecular formula is C19H16O2. The highest BCUT2D eigenvalue weighted by molar-refractivity contribution is 5.44. The van der Waals surface area contributed by atoms with Crippen molar-refractivity contribution in [2.24, 2.45) is 0 Å². The van der Waals surface area contributed by atoms with Gasteiger partial charge in [-0.05, 0) is 42.8 Å². The van der Waals surface area contributed by atoms with E-state index in [-0.39, 0.29) is 0 Å². The van der Waals surface area contributed by atoms with Crippen LogP contribution in [0.4, 0.5) is 0 Å². The lowest BCUT2D eigenvalue weighted by Crippen LogP contribution is -1.89. The minimum atomic E-state index is 0.762. The maximum Gasteiger partial charge on any atom is 0.134 e. The molecule has 0 radical (unpaired) electrons. The smallest absolute Gasteiger partial charge is 0.134 e. The van der Waals surface area contributed by atoms with Crippen LogP contribution >= 0.6 is 0 Å². The van der Waals surface area contributed by atoms with Crippen LogP contribution in [-0.4, -0.2) is 0 Å². The lowest BCUT2D eigenvalue weighted by atomic mass is 10.2. The van der Waals surface area contributed by atoms with E-state index in [0.717, 1.165) is 28.6 Å². The van der Waals surface area contributed by atoms with Gasteiger partial charge in [0.1, 0.15) is 23.0 Å². The first-order chi connectivity index (χ1) is 10.3. The van der Waals surface area contributed by atoms with Crippen molar-refractivity contribution in [2.75, 3.05) is 0 Å². The van der Waals surface area contributed by atoms with E-state index in [2.05, 4.69) is 0 Å². The third-order valence-electron chi connectivity index (χ3n) is 3.11. The molecule has 0 bridgehead atoms. The maximum atomic E-state index is 5.91. The Bertz CT molecular complexity index is 706. The third-order valence-corrected chi connectivity index (χ3v) is 3.11. The SMILES string of the molecule is Cc1ccc(Oc2ccccc2)cc1Oc1ccccc1. The summed E-state index contributed by atoms with van der Waals surface area (Å²) in [6, 6.07) is 25.3. The largest absolute Gasteiger partial charge is 0.457 e. The molecule has 0 spiro atoms. The quantitative estimate of drug-likeness (QED) is 0.619. The number of aryl methyl sites for hydroxylation is 1. The highest BCUT2D eigenvalue weighted by Crippen LogP contribution is 2.31. The molecule has 0 aliphatic rings. The molecule has 0 saturated heterocycles. The van der Waals surface area contributed by atoms with Crippen LogP contribution in [0.15, 0.2) is 78.9 Å². The molecule has 0 saturated carbocycles. The molecular weight excluding hydrogens is 260 g/mol. The normalized spacial score (nSPS) is 10.1. The monoisotopic (exact) mass is 276 g/mol. The number of para-hydroxylation sites is 2. The van der Waals surface area contributed by atoms with Gasteiger partial charge in [0.05, 0.1) is 0 Å². The molecule has 0 aromatic heterocycles. The van der Waals surface area contributed by atoms with Gasteiger partial charge in [0.15, 0.2) is 0 Å². The lowest BCUT2D eigenvalue weighted by molar-refractivity contribution is 0.458. The first-order valence-corrected chi connectivity index (χ1v) is 6.88. The second-order valence-electron chi connectivity index (χ2n) is 4.76. The molecule has 3 aromatic carbocycles. The van der Waals surface area contributed by atoms with Crippen molar-refractivity contribution in [1.82, 2.24) is 0 Å². The predicted molar refractivity (Wildman–Crippen MR) is 84.2 cm³/mol. The van der Waals surface area contributed by atoms with Crippen LogP contribution in [0.3, 0.4) is 0 Å². The van der Waals surface area contributed by atoms with Crippen molar-refractivity contribution >= 4 is 0 Å². The number of rotatable bonds is 4. The Hall–Kier alpha value is -2.74. The second-order valence-corrected chi connectivity index (χ2v) is 4.76. The van der Waals surface area contributed by atoms with E-state index in [9.17, 15) is 0 Å². The average molecular weight is 276 g/mol. The Kier molecular flexibility index (Phi) is 3.88. The van der Waals surface area contributed by atoms with Gasteiger partial charge in [-0.3, -0.25) is 0 Å². The molecule has 3 aromatic rings. The summed E-state index contributed by atoms with van der Waals surface area (Å²) in [5, 5.41) is 0. The van der Waals surface area contributed by atoms with Gasteiger partial charge in [-0.15, -0.1) is 0 Å². The van der Waals surface area contributed by atoms with Crippen molar-refractivity contribution in [1.29, 1.82) is 0 Å². The van der Waals surface area contributed by atoms with Gasteiger partial charge in [0.25, 0.3) is 0 Å². The molecule has 0 amide bonds. The maximum absolute atomic E-state index is 5.91. The Morgan fingerprint density at radius 1 is 0.571 bits per heavy atom. The second kappa shape index (κ2) is 6.14. The fourth-order valence-corrected chi connectivity index (χ4v) is 1.99. The van der Waals surface area contributed by atoms with E-state index in [1.165, 1.54) is 0 Å². The Balaban J connectivity index is 1.83. The highest BCUT2D eigenvalue weighted by Gasteiger charge is 2.05. The standard InChI is InChI=1S/C19H16O2/c1-15-12-13-18(20-16-8-4-2-5-9-16)14-19(15)21-17-10-6-3-7-11-17/h2-14H,1H3. The van der Waals surface area contributed by atoms with Crippen LogP contribution in [0.25, 0.3) is 0 Å². The van der Waals surface area contributed by atoms with Crippen molar-refractivity contribution in [3.63, 3.8) is 0 Å². The van der Waals surface area contributed by atoms with Crippen molar-refractivity contribution in [3.05, 3.63) is 84.4 Å². The van der Waals surface area contributed by atoms with Crippen LogP contribution in [0, 0.1) is 6.92 Å². The summed E-state index contributed by atoms with van der Waals surface area (Å²) >= 11 is 0. The molecule has 0 heterocycles. The number of hydrogen-bond donors (Lipinski definition) is 0. The van der Waals surface area contributed by atoms with Crippen molar-refractivity contribution in [2.45, 2.75) is 6.92 Å². The number of benzene rings is 3. The van der Waals surface area contributed by atoms with Crippen LogP contribution in [0.1, 0.15) is 5.56 Å². The van der Waals surface area contributed by atoms with Crippen LogP contribution in [-0.2, 0) is 0 Å². The van der Waals surface area contributed by atoms with E-state index in [0.29, 0.717) is 0 Å². The minimum Gasteiger partial charge on any atom is -0.457 e. The Morgan fingerprint density at radius 3 is 1.76 bits per heavy atom. The summed E-state index contributed by atoms with van der Waals surface area (Å²) in [5.74, 6) is 3.19. The molecule has 0 unspecified atom stereocenters. The zero-order valence-corrected chi connectivity index (χ0v) is 11.8. The van der Waals surface area contributed by atoms with E-state index in [1.807, 2.05) is 85.8 Å². The van der Waals surface area contributed by atoms with Gasteiger partial charge in [-0.25, -0.2) is 0 Å². The summed E-state index contributed by atoms with van der Waals surface area (Å²) in [5.41, 5.74) is 1.07. The minimum absolute atomic E-state index is 0.762. The first kappa shape index (κ1) is 13.3. The lowest BCUT2D eigenvalue weighted by Gasteiger charge is -2.11. The van der Waals surface area contributed by atoms with Crippen molar-refractivity contribution < 1.29 is 9.47 Å². The number of ether oxygens (including phenoxy) is 2. The van der Waals surface area contributed by atoms with E-state index in [4.69, 9.17) is 9.47 Å². The molecule has 3 rings (SSSR count). The fourth-order valence-electron chi connectivity index (χ4n) is 1.99. The van der Waals surface area contributed by atoms with Crippen LogP contribution in [0.5, 0.6) is 23.0 Å². The predicted octanol–water partition coefficient (Wildman–Crippen LogP) is 5.58. The summed E-state index contributed by atoms with van der Waals surface area (Å²) in [6.07, 6.45) is 0. The summed E-state index contributed by atoms with van der Waals surface area (Å²) in [6.45, 7) is 2.02. The molecule has 21 heavy (non-hydrogen) atoms. The van der Waals surface area contributed by atoms with Gasteiger partial charge >= 0.3 is 0 Å². The third kappa shape index (κ3) is 3.42. The van der Waals surface area contributed by atoms with E-state index >= 15 is 0 Å². The zero-order valence-electron chi connectivity index (χ0n) is 11.8. The Labute approximate surface area is 124 Å². The van der Waals surface area contributed by atoms with Gasteiger partial charge in [0.2, 0.25) is 0 Å². The summed E-state index contributed by atoms with van der Waals surface area (Å²) < 4.78 is 11.7. The highest BCUT2D eigenvalue weighted by atomic mass is 16.5. The van der Waals surface area contributed by atoms with Gasteiger partial charge in [-0.2, -0.15) is 0 Å². The first-order valence-electron chi connectivity index (χ1n) is 6.88. The zero-order chi connectivity index (χ0) is 14.5. The molecule has 0 fully saturated rings. The van der Waals surface area contributed by atoms with Gasteiger partial charge < -0.3 is 9.47 Å². The van der Waals surface area contributed by atoms with Crippen LogP contribution < -0.4 is 9.47 Å². The van der Waals surface area contributed by atoms with Gasteiger partial charge in [-0.1, -0.05) is 42.5 Å². The van der Waals surface area contributed by atoms with E-state index < -0.39 is 0 Å². The molecule has 0 atom stereocenters. The molecule has 0 N–H and O–H groups in total. The molecule has 0 aliphatic carbocycles. The molecule has 2 nitrogen and oxygen atoms in total.